The average molecular weight is 364 g/mol. The Bertz CT molecular complexity index is 933. The van der Waals surface area contributed by atoms with Gasteiger partial charge in [0.1, 0.15) is 5.82 Å². The molecule has 1 aliphatic heterocycles. The molecule has 0 N–H and O–H groups in total. The van der Waals surface area contributed by atoms with Crippen LogP contribution in [0.3, 0.4) is 0 Å². The maximum Gasteiger partial charge on any atom is 0.113 e. The molecule has 5 nitrogen and oxygen atoms in total. The number of methoxy groups -OCH3 is 1. The Labute approximate surface area is 161 Å². The number of pyridine rings is 1. The summed E-state index contributed by atoms with van der Waals surface area (Å²) in [5, 5.41) is 1.25. The summed E-state index contributed by atoms with van der Waals surface area (Å²) >= 11 is 0. The van der Waals surface area contributed by atoms with Crippen LogP contribution >= 0.6 is 0 Å². The van der Waals surface area contributed by atoms with Gasteiger partial charge in [-0.2, -0.15) is 0 Å². The maximum atomic E-state index is 5.25. The van der Waals surface area contributed by atoms with Crippen LogP contribution in [0.5, 0.6) is 0 Å². The third kappa shape index (κ3) is 3.44. The van der Waals surface area contributed by atoms with Crippen molar-refractivity contribution >= 4 is 16.6 Å². The van der Waals surface area contributed by atoms with Crippen molar-refractivity contribution < 1.29 is 4.74 Å². The van der Waals surface area contributed by atoms with Crippen molar-refractivity contribution in [2.24, 2.45) is 0 Å². The van der Waals surface area contributed by atoms with Gasteiger partial charge in [0.25, 0.3) is 0 Å². The third-order valence-electron chi connectivity index (χ3n) is 5.83. The molecule has 0 unspecified atom stereocenters. The zero-order chi connectivity index (χ0) is 18.8. The second kappa shape index (κ2) is 7.69. The Kier molecular flexibility index (Phi) is 5.12. The van der Waals surface area contributed by atoms with E-state index < -0.39 is 0 Å². The van der Waals surface area contributed by atoms with Crippen molar-refractivity contribution in [2.45, 2.75) is 39.2 Å². The van der Waals surface area contributed by atoms with Crippen molar-refractivity contribution in [1.82, 2.24) is 14.5 Å². The zero-order valence-corrected chi connectivity index (χ0v) is 16.5. The topological polar surface area (TPSA) is 43.2 Å². The lowest BCUT2D eigenvalue weighted by molar-refractivity contribution is 0.185. The van der Waals surface area contributed by atoms with Gasteiger partial charge >= 0.3 is 0 Å². The quantitative estimate of drug-likeness (QED) is 0.684. The van der Waals surface area contributed by atoms with Crippen LogP contribution in [0.15, 0.2) is 36.8 Å². The molecule has 1 atom stereocenters. The minimum Gasteiger partial charge on any atom is -0.383 e. The number of fused-ring (bicyclic) bond motifs is 1. The molecular weight excluding hydrogens is 336 g/mol. The highest BCUT2D eigenvalue weighted by Gasteiger charge is 2.26. The molecule has 2 aromatic heterocycles. The summed E-state index contributed by atoms with van der Waals surface area (Å²) in [7, 11) is 1.75. The Hall–Kier alpha value is -2.40. The van der Waals surface area contributed by atoms with E-state index in [-0.39, 0.29) is 0 Å². The van der Waals surface area contributed by atoms with Crippen LogP contribution in [-0.4, -0.2) is 41.3 Å². The molecule has 27 heavy (non-hydrogen) atoms. The molecule has 0 radical (unpaired) electrons. The van der Waals surface area contributed by atoms with E-state index in [1.165, 1.54) is 40.9 Å². The number of benzene rings is 1. The molecule has 5 heteroatoms. The van der Waals surface area contributed by atoms with Gasteiger partial charge in [0, 0.05) is 62.3 Å². The second-order valence-electron chi connectivity index (χ2n) is 7.49. The first-order chi connectivity index (χ1) is 13.2. The second-order valence-corrected chi connectivity index (χ2v) is 7.49. The van der Waals surface area contributed by atoms with Crippen LogP contribution in [0.1, 0.15) is 35.7 Å². The number of aromatic nitrogens is 3. The van der Waals surface area contributed by atoms with E-state index in [0.29, 0.717) is 12.5 Å². The monoisotopic (exact) mass is 364 g/mol. The molecule has 3 heterocycles. The fourth-order valence-electron chi connectivity index (χ4n) is 4.19. The van der Waals surface area contributed by atoms with Gasteiger partial charge in [-0.1, -0.05) is 12.1 Å². The normalized spacial score (nSPS) is 17.6. The Balaban J connectivity index is 1.64. The molecule has 1 saturated heterocycles. The minimum absolute atomic E-state index is 0.445. The van der Waals surface area contributed by atoms with E-state index in [0.717, 1.165) is 25.2 Å². The van der Waals surface area contributed by atoms with E-state index in [4.69, 9.17) is 4.74 Å². The summed E-state index contributed by atoms with van der Waals surface area (Å²) in [6, 6.07) is 6.60. The van der Waals surface area contributed by atoms with Gasteiger partial charge < -0.3 is 14.2 Å². The molecule has 142 valence electrons. The van der Waals surface area contributed by atoms with Crippen LogP contribution in [0.2, 0.25) is 0 Å². The highest BCUT2D eigenvalue weighted by atomic mass is 16.5. The molecule has 0 spiro atoms. The zero-order valence-electron chi connectivity index (χ0n) is 16.5. The molecule has 0 aliphatic carbocycles. The first-order valence-corrected chi connectivity index (χ1v) is 9.79. The summed E-state index contributed by atoms with van der Waals surface area (Å²) in [5.74, 6) is 1.63. The van der Waals surface area contributed by atoms with E-state index in [9.17, 15) is 0 Å². The van der Waals surface area contributed by atoms with E-state index in [1.807, 2.05) is 12.4 Å². The standard InChI is InChI=1S/C22H28N4O/c1-16-6-7-19-20(8-9-23-21(19)17(16)2)26-11-4-5-18(15-26)22-24-10-12-25(22)13-14-27-3/h6-10,12,18H,4-5,11,13-15H2,1-3H3/t18-/m0/s1. The SMILES string of the molecule is COCCn1ccnc1[C@H]1CCCN(c2ccnc3c(C)c(C)ccc23)C1. The van der Waals surface area contributed by atoms with Gasteiger partial charge in [-0.05, 0) is 43.9 Å². The molecule has 0 amide bonds. The molecular formula is C22H28N4O. The molecule has 0 saturated carbocycles. The number of nitrogens with zero attached hydrogens (tertiary/aromatic N) is 4. The Morgan fingerprint density at radius 3 is 2.89 bits per heavy atom. The van der Waals surface area contributed by atoms with Gasteiger partial charge in [-0.15, -0.1) is 0 Å². The number of piperidine rings is 1. The van der Waals surface area contributed by atoms with Gasteiger partial charge in [0.15, 0.2) is 0 Å². The Morgan fingerprint density at radius 1 is 1.15 bits per heavy atom. The van der Waals surface area contributed by atoms with Crippen molar-refractivity contribution in [3.63, 3.8) is 0 Å². The smallest absolute Gasteiger partial charge is 0.113 e. The first kappa shape index (κ1) is 18.0. The summed E-state index contributed by atoms with van der Waals surface area (Å²) in [4.78, 5) is 11.9. The van der Waals surface area contributed by atoms with Crippen LogP contribution in [0.25, 0.3) is 10.9 Å². The molecule has 3 aromatic rings. The van der Waals surface area contributed by atoms with Gasteiger partial charge in [0.2, 0.25) is 0 Å². The van der Waals surface area contributed by atoms with Gasteiger partial charge in [-0.3, -0.25) is 4.98 Å². The first-order valence-electron chi connectivity index (χ1n) is 9.79. The summed E-state index contributed by atoms with van der Waals surface area (Å²) < 4.78 is 7.50. The van der Waals surface area contributed by atoms with E-state index in [1.54, 1.807) is 7.11 Å². The maximum absolute atomic E-state index is 5.25. The average Bonchev–Trinajstić information content (AvgIpc) is 3.17. The fourth-order valence-corrected chi connectivity index (χ4v) is 4.19. The summed E-state index contributed by atoms with van der Waals surface area (Å²) in [6.45, 7) is 7.98. The Morgan fingerprint density at radius 2 is 2.04 bits per heavy atom. The molecule has 1 aromatic carbocycles. The fraction of sp³-hybridized carbons (Fsp3) is 0.455. The van der Waals surface area contributed by atoms with Crippen LogP contribution in [0, 0.1) is 13.8 Å². The number of aryl methyl sites for hydroxylation is 2. The minimum atomic E-state index is 0.445. The lowest BCUT2D eigenvalue weighted by atomic mass is 9.95. The van der Waals surface area contributed by atoms with Crippen molar-refractivity contribution in [3.05, 3.63) is 53.7 Å². The summed E-state index contributed by atoms with van der Waals surface area (Å²) in [5.41, 5.74) is 4.99. The van der Waals surface area contributed by atoms with E-state index >= 15 is 0 Å². The number of ether oxygens (including phenoxy) is 1. The van der Waals surface area contributed by atoms with Crippen LogP contribution < -0.4 is 4.90 Å². The largest absolute Gasteiger partial charge is 0.383 e. The number of hydrogen-bond acceptors (Lipinski definition) is 4. The molecule has 4 rings (SSSR count). The van der Waals surface area contributed by atoms with Gasteiger partial charge in [0.05, 0.1) is 12.1 Å². The lowest BCUT2D eigenvalue weighted by Gasteiger charge is -2.35. The highest BCUT2D eigenvalue weighted by molar-refractivity contribution is 5.94. The van der Waals surface area contributed by atoms with E-state index in [2.05, 4.69) is 57.7 Å². The van der Waals surface area contributed by atoms with Gasteiger partial charge in [-0.25, -0.2) is 4.98 Å². The predicted molar refractivity (Wildman–Crippen MR) is 110 cm³/mol. The predicted octanol–water partition coefficient (Wildman–Crippen LogP) is 4.08. The molecule has 1 aliphatic rings. The van der Waals surface area contributed by atoms with Crippen LogP contribution in [-0.2, 0) is 11.3 Å². The number of imidazole rings is 1. The van der Waals surface area contributed by atoms with Crippen molar-refractivity contribution in [2.75, 3.05) is 31.7 Å². The van der Waals surface area contributed by atoms with Crippen LogP contribution in [0.4, 0.5) is 5.69 Å². The number of hydrogen-bond donors (Lipinski definition) is 0. The lowest BCUT2D eigenvalue weighted by Crippen LogP contribution is -2.35. The van der Waals surface area contributed by atoms with Crippen molar-refractivity contribution in [3.8, 4) is 0 Å². The molecule has 1 fully saturated rings. The number of rotatable bonds is 5. The summed E-state index contributed by atoms with van der Waals surface area (Å²) in [6.07, 6.45) is 8.30. The van der Waals surface area contributed by atoms with Crippen molar-refractivity contribution in [1.29, 1.82) is 0 Å². The molecule has 0 bridgehead atoms. The number of anilines is 1. The third-order valence-corrected chi connectivity index (χ3v) is 5.83. The highest BCUT2D eigenvalue weighted by Crippen LogP contribution is 2.34.